The van der Waals surface area contributed by atoms with Gasteiger partial charge in [-0.05, 0) is 23.1 Å². The molecule has 1 N–H and O–H groups in total. The Balaban J connectivity index is 2.88. The fourth-order valence-electron chi connectivity index (χ4n) is 2.19. The average molecular weight is 293 g/mol. The van der Waals surface area contributed by atoms with Gasteiger partial charge in [-0.15, -0.1) is 0 Å². The monoisotopic (exact) mass is 293 g/mol. The van der Waals surface area contributed by atoms with Gasteiger partial charge in [0.05, 0.1) is 7.11 Å². The lowest BCUT2D eigenvalue weighted by atomic mass is 9.80. The Kier molecular flexibility index (Phi) is 5.35. The van der Waals surface area contributed by atoms with Gasteiger partial charge >= 0.3 is 5.97 Å². The molecule has 5 heteroatoms. The molecular formula is C16H23NO4. The number of ether oxygens (including phenoxy) is 1. The van der Waals surface area contributed by atoms with Crippen molar-refractivity contribution in [2.75, 3.05) is 14.2 Å². The summed E-state index contributed by atoms with van der Waals surface area (Å²) in [6.07, 6.45) is 0. The molecule has 21 heavy (non-hydrogen) atoms. The largest absolute Gasteiger partial charge is 0.497 e. The predicted molar refractivity (Wildman–Crippen MR) is 80.0 cm³/mol. The molecule has 0 radical (unpaired) electrons. The topological polar surface area (TPSA) is 66.8 Å². The molecule has 5 nitrogen and oxygen atoms in total. The third-order valence-electron chi connectivity index (χ3n) is 3.29. The third kappa shape index (κ3) is 4.48. The smallest absolute Gasteiger partial charge is 0.316 e. The molecule has 1 atom stereocenters. The lowest BCUT2D eigenvalue weighted by Crippen LogP contribution is -2.43. The summed E-state index contributed by atoms with van der Waals surface area (Å²) in [7, 11) is 3.19. The van der Waals surface area contributed by atoms with E-state index in [2.05, 4.69) is 0 Å². The zero-order valence-corrected chi connectivity index (χ0v) is 13.2. The predicted octanol–water partition coefficient (Wildman–Crippen LogP) is 2.40. The van der Waals surface area contributed by atoms with Gasteiger partial charge in [0.25, 0.3) is 0 Å². The van der Waals surface area contributed by atoms with Gasteiger partial charge in [0.1, 0.15) is 11.7 Å². The number of carbonyl (C=O) groups is 2. The Morgan fingerprint density at radius 3 is 2.43 bits per heavy atom. The van der Waals surface area contributed by atoms with Gasteiger partial charge in [-0.1, -0.05) is 32.9 Å². The van der Waals surface area contributed by atoms with Gasteiger partial charge < -0.3 is 14.7 Å². The van der Waals surface area contributed by atoms with E-state index in [1.807, 2.05) is 24.3 Å². The van der Waals surface area contributed by atoms with Crippen LogP contribution in [0.5, 0.6) is 5.75 Å². The van der Waals surface area contributed by atoms with Crippen molar-refractivity contribution in [1.29, 1.82) is 0 Å². The van der Waals surface area contributed by atoms with Crippen LogP contribution in [0.4, 0.5) is 0 Å². The Labute approximate surface area is 125 Å². The van der Waals surface area contributed by atoms with Crippen LogP contribution in [0.1, 0.15) is 26.3 Å². The van der Waals surface area contributed by atoms with Gasteiger partial charge in [0.2, 0.25) is 5.91 Å². The van der Waals surface area contributed by atoms with E-state index in [0.29, 0.717) is 12.3 Å². The maximum absolute atomic E-state index is 12.4. The standard InChI is InChI=1S/C16H23NO4/c1-16(2,3)13(15(19)20)14(18)17(4)10-11-7-6-8-12(9-11)21-5/h6-9,13H,10H2,1-5H3,(H,19,20). The molecule has 0 heterocycles. The van der Waals surface area contributed by atoms with E-state index in [1.54, 1.807) is 34.9 Å². The second-order valence-electron chi connectivity index (χ2n) is 6.18. The SMILES string of the molecule is COc1cccc(CN(C)C(=O)C(C(=O)O)C(C)(C)C)c1. The van der Waals surface area contributed by atoms with E-state index in [1.165, 1.54) is 4.90 Å². The summed E-state index contributed by atoms with van der Waals surface area (Å²) in [6, 6.07) is 7.36. The third-order valence-corrected chi connectivity index (χ3v) is 3.29. The number of aliphatic carboxylic acids is 1. The maximum atomic E-state index is 12.4. The number of methoxy groups -OCH3 is 1. The Morgan fingerprint density at radius 1 is 1.33 bits per heavy atom. The van der Waals surface area contributed by atoms with Crippen molar-refractivity contribution in [2.24, 2.45) is 11.3 Å². The lowest BCUT2D eigenvalue weighted by molar-refractivity contribution is -0.155. The minimum atomic E-state index is -1.09. The fourth-order valence-corrected chi connectivity index (χ4v) is 2.19. The number of benzene rings is 1. The van der Waals surface area contributed by atoms with E-state index in [-0.39, 0.29) is 0 Å². The van der Waals surface area contributed by atoms with E-state index in [0.717, 1.165) is 5.56 Å². The Bertz CT molecular complexity index is 519. The maximum Gasteiger partial charge on any atom is 0.316 e. The van der Waals surface area contributed by atoms with Crippen LogP contribution >= 0.6 is 0 Å². The van der Waals surface area contributed by atoms with Crippen molar-refractivity contribution in [1.82, 2.24) is 4.90 Å². The van der Waals surface area contributed by atoms with Crippen LogP contribution in [0.3, 0.4) is 0 Å². The number of hydrogen-bond donors (Lipinski definition) is 1. The molecule has 116 valence electrons. The highest BCUT2D eigenvalue weighted by Gasteiger charge is 2.39. The minimum absolute atomic E-state index is 0.343. The second-order valence-corrected chi connectivity index (χ2v) is 6.18. The first-order chi connectivity index (χ1) is 9.66. The molecule has 0 aliphatic rings. The molecule has 0 fully saturated rings. The molecule has 1 aromatic carbocycles. The summed E-state index contributed by atoms with van der Waals surface area (Å²) < 4.78 is 5.14. The molecule has 0 aliphatic heterocycles. The summed E-state index contributed by atoms with van der Waals surface area (Å²) in [5.41, 5.74) is 0.259. The first kappa shape index (κ1) is 17.0. The molecule has 0 bridgehead atoms. The highest BCUT2D eigenvalue weighted by atomic mass is 16.5. The second kappa shape index (κ2) is 6.61. The van der Waals surface area contributed by atoms with E-state index in [9.17, 15) is 14.7 Å². The van der Waals surface area contributed by atoms with E-state index in [4.69, 9.17) is 4.74 Å². The zero-order chi connectivity index (χ0) is 16.2. The molecule has 0 saturated heterocycles. The van der Waals surface area contributed by atoms with Crippen molar-refractivity contribution < 1.29 is 19.4 Å². The van der Waals surface area contributed by atoms with Crippen LogP contribution in [0.2, 0.25) is 0 Å². The molecule has 1 rings (SSSR count). The van der Waals surface area contributed by atoms with Gasteiger partial charge in [0, 0.05) is 13.6 Å². The van der Waals surface area contributed by atoms with Gasteiger partial charge in [-0.25, -0.2) is 0 Å². The van der Waals surface area contributed by atoms with Crippen LogP contribution in [0.25, 0.3) is 0 Å². The highest BCUT2D eigenvalue weighted by Crippen LogP contribution is 2.28. The molecule has 0 aromatic heterocycles. The molecule has 0 saturated carbocycles. The fraction of sp³-hybridized carbons (Fsp3) is 0.500. The number of hydrogen-bond acceptors (Lipinski definition) is 3. The highest BCUT2D eigenvalue weighted by molar-refractivity contribution is 5.97. The van der Waals surface area contributed by atoms with Crippen LogP contribution < -0.4 is 4.74 Å². The number of nitrogens with zero attached hydrogens (tertiary/aromatic N) is 1. The molecule has 1 amide bonds. The molecule has 1 unspecified atom stereocenters. The molecule has 1 aromatic rings. The van der Waals surface area contributed by atoms with Gasteiger partial charge in [0.15, 0.2) is 0 Å². The number of carboxylic acids is 1. The number of rotatable bonds is 5. The van der Waals surface area contributed by atoms with Crippen LogP contribution in [-0.4, -0.2) is 36.0 Å². The minimum Gasteiger partial charge on any atom is -0.497 e. The number of amides is 1. The van der Waals surface area contributed by atoms with Crippen molar-refractivity contribution in [3.05, 3.63) is 29.8 Å². The van der Waals surface area contributed by atoms with Gasteiger partial charge in [-0.3, -0.25) is 9.59 Å². The number of carboxylic acid groups (broad SMARTS) is 1. The number of carbonyl (C=O) groups excluding carboxylic acids is 1. The lowest BCUT2D eigenvalue weighted by Gasteiger charge is -2.30. The van der Waals surface area contributed by atoms with E-state index < -0.39 is 23.2 Å². The zero-order valence-electron chi connectivity index (χ0n) is 13.2. The summed E-state index contributed by atoms with van der Waals surface area (Å²) in [4.78, 5) is 25.2. The first-order valence-electron chi connectivity index (χ1n) is 6.77. The van der Waals surface area contributed by atoms with E-state index >= 15 is 0 Å². The quantitative estimate of drug-likeness (QED) is 0.847. The molecular weight excluding hydrogens is 270 g/mol. The van der Waals surface area contributed by atoms with Crippen LogP contribution in [0.15, 0.2) is 24.3 Å². The Hall–Kier alpha value is -2.04. The van der Waals surface area contributed by atoms with Gasteiger partial charge in [-0.2, -0.15) is 0 Å². The molecule has 0 aliphatic carbocycles. The van der Waals surface area contributed by atoms with Crippen molar-refractivity contribution in [3.8, 4) is 5.75 Å². The van der Waals surface area contributed by atoms with Crippen molar-refractivity contribution in [3.63, 3.8) is 0 Å². The first-order valence-corrected chi connectivity index (χ1v) is 6.77. The van der Waals surface area contributed by atoms with Crippen molar-refractivity contribution in [2.45, 2.75) is 27.3 Å². The average Bonchev–Trinajstić information content (AvgIpc) is 2.36. The molecule has 0 spiro atoms. The summed E-state index contributed by atoms with van der Waals surface area (Å²) in [6.45, 7) is 5.60. The van der Waals surface area contributed by atoms with Crippen molar-refractivity contribution >= 4 is 11.9 Å². The van der Waals surface area contributed by atoms with Crippen LogP contribution in [-0.2, 0) is 16.1 Å². The summed E-state index contributed by atoms with van der Waals surface area (Å²) >= 11 is 0. The summed E-state index contributed by atoms with van der Waals surface area (Å²) in [5.74, 6) is -1.84. The van der Waals surface area contributed by atoms with Crippen LogP contribution in [0, 0.1) is 11.3 Å². The Morgan fingerprint density at radius 2 is 1.95 bits per heavy atom. The normalized spacial score (nSPS) is 12.6. The summed E-state index contributed by atoms with van der Waals surface area (Å²) in [5, 5.41) is 9.31.